The van der Waals surface area contributed by atoms with Crippen LogP contribution in [0.25, 0.3) is 0 Å². The summed E-state index contributed by atoms with van der Waals surface area (Å²) in [5.74, 6) is 0.0706. The molecule has 0 bridgehead atoms. The van der Waals surface area contributed by atoms with E-state index in [0.717, 1.165) is 25.3 Å². The molecule has 0 aromatic heterocycles. The van der Waals surface area contributed by atoms with Gasteiger partial charge in [0.25, 0.3) is 0 Å². The molecule has 4 heteroatoms. The van der Waals surface area contributed by atoms with Gasteiger partial charge in [-0.1, -0.05) is 13.0 Å². The summed E-state index contributed by atoms with van der Waals surface area (Å²) >= 11 is 0. The zero-order valence-electron chi connectivity index (χ0n) is 14.0. The minimum atomic E-state index is 0.0706. The maximum atomic E-state index is 11.9. The van der Waals surface area contributed by atoms with Gasteiger partial charge in [-0.2, -0.15) is 0 Å². The van der Waals surface area contributed by atoms with Crippen molar-refractivity contribution in [2.45, 2.75) is 47.2 Å². The number of hydrogen-bond donors (Lipinski definition) is 2. The van der Waals surface area contributed by atoms with Crippen molar-refractivity contribution < 1.29 is 4.79 Å². The van der Waals surface area contributed by atoms with Crippen molar-refractivity contribution in [3.05, 3.63) is 29.3 Å². The minimum absolute atomic E-state index is 0.0706. The number of benzene rings is 1. The average molecular weight is 291 g/mol. The molecule has 0 radical (unpaired) electrons. The maximum Gasteiger partial charge on any atom is 0.239 e. The van der Waals surface area contributed by atoms with E-state index in [1.165, 1.54) is 11.1 Å². The van der Waals surface area contributed by atoms with E-state index in [1.807, 2.05) is 13.8 Å². The molecule has 0 atom stereocenters. The molecule has 118 valence electrons. The van der Waals surface area contributed by atoms with Crippen LogP contribution in [0.5, 0.6) is 0 Å². The molecule has 4 nitrogen and oxygen atoms in total. The van der Waals surface area contributed by atoms with Crippen LogP contribution in [0, 0.1) is 6.92 Å². The first-order valence-corrected chi connectivity index (χ1v) is 7.82. The Labute approximate surface area is 128 Å². The molecule has 1 rings (SSSR count). The van der Waals surface area contributed by atoms with Crippen molar-refractivity contribution in [3.63, 3.8) is 0 Å². The fourth-order valence-corrected chi connectivity index (χ4v) is 2.26. The van der Waals surface area contributed by atoms with Crippen molar-refractivity contribution in [3.8, 4) is 0 Å². The molecule has 0 saturated carbocycles. The number of hydrogen-bond acceptors (Lipinski definition) is 3. The molecule has 0 aliphatic rings. The summed E-state index contributed by atoms with van der Waals surface area (Å²) in [6.45, 7) is 13.3. The molecule has 21 heavy (non-hydrogen) atoms. The smallest absolute Gasteiger partial charge is 0.239 e. The van der Waals surface area contributed by atoms with E-state index < -0.39 is 0 Å². The fraction of sp³-hybridized carbons (Fsp3) is 0.588. The molecule has 0 aliphatic carbocycles. The summed E-state index contributed by atoms with van der Waals surface area (Å²) in [4.78, 5) is 14.0. The van der Waals surface area contributed by atoms with Crippen LogP contribution >= 0.6 is 0 Å². The van der Waals surface area contributed by atoms with Gasteiger partial charge in [-0.15, -0.1) is 0 Å². The van der Waals surface area contributed by atoms with Gasteiger partial charge in [-0.3, -0.25) is 4.79 Å². The lowest BCUT2D eigenvalue weighted by Crippen LogP contribution is -2.40. The van der Waals surface area contributed by atoms with Crippen molar-refractivity contribution >= 4 is 11.6 Å². The molecular weight excluding hydrogens is 262 g/mol. The van der Waals surface area contributed by atoms with E-state index in [1.54, 1.807) is 0 Å². The van der Waals surface area contributed by atoms with Gasteiger partial charge in [-0.25, -0.2) is 0 Å². The lowest BCUT2D eigenvalue weighted by Gasteiger charge is -2.24. The Morgan fingerprint density at radius 1 is 1.29 bits per heavy atom. The van der Waals surface area contributed by atoms with E-state index in [4.69, 9.17) is 0 Å². The molecule has 1 aromatic carbocycles. The van der Waals surface area contributed by atoms with Crippen molar-refractivity contribution in [2.75, 3.05) is 24.5 Å². The standard InChI is InChI=1S/C17H29N3O/c1-6-18-11-15-8-9-16(10-14(15)5)20(7-2)12-17(21)19-13(3)4/h8-10,13,18H,6-7,11-12H2,1-5H3,(H,19,21). The van der Waals surface area contributed by atoms with Crippen LogP contribution in [0.4, 0.5) is 5.69 Å². The number of anilines is 1. The zero-order chi connectivity index (χ0) is 15.8. The number of amides is 1. The van der Waals surface area contributed by atoms with Crippen molar-refractivity contribution in [1.82, 2.24) is 10.6 Å². The second kappa shape index (κ2) is 8.67. The Bertz CT molecular complexity index is 457. The van der Waals surface area contributed by atoms with Gasteiger partial charge in [0.15, 0.2) is 0 Å². The molecule has 2 N–H and O–H groups in total. The Morgan fingerprint density at radius 2 is 2.00 bits per heavy atom. The molecular formula is C17H29N3O. The molecule has 0 fully saturated rings. The predicted octanol–water partition coefficient (Wildman–Crippen LogP) is 2.46. The lowest BCUT2D eigenvalue weighted by molar-refractivity contribution is -0.120. The van der Waals surface area contributed by atoms with Gasteiger partial charge < -0.3 is 15.5 Å². The number of aryl methyl sites for hydroxylation is 1. The third kappa shape index (κ3) is 5.76. The molecule has 1 aromatic rings. The Hall–Kier alpha value is -1.55. The summed E-state index contributed by atoms with van der Waals surface area (Å²) in [6.07, 6.45) is 0. The summed E-state index contributed by atoms with van der Waals surface area (Å²) < 4.78 is 0. The molecule has 0 heterocycles. The first kappa shape index (κ1) is 17.5. The van der Waals surface area contributed by atoms with Crippen LogP contribution in [0.2, 0.25) is 0 Å². The number of nitrogens with one attached hydrogen (secondary N) is 2. The second-order valence-corrected chi connectivity index (χ2v) is 5.63. The number of carbonyl (C=O) groups is 1. The highest BCUT2D eigenvalue weighted by Gasteiger charge is 2.11. The van der Waals surface area contributed by atoms with Crippen LogP contribution in [0.1, 0.15) is 38.8 Å². The summed E-state index contributed by atoms with van der Waals surface area (Å²) in [5.41, 5.74) is 3.67. The summed E-state index contributed by atoms with van der Waals surface area (Å²) in [7, 11) is 0. The normalized spacial score (nSPS) is 10.8. The van der Waals surface area contributed by atoms with Gasteiger partial charge in [0, 0.05) is 24.8 Å². The van der Waals surface area contributed by atoms with E-state index >= 15 is 0 Å². The first-order valence-electron chi connectivity index (χ1n) is 7.82. The lowest BCUT2D eigenvalue weighted by atomic mass is 10.1. The third-order valence-corrected chi connectivity index (χ3v) is 3.42. The maximum absolute atomic E-state index is 11.9. The monoisotopic (exact) mass is 291 g/mol. The topological polar surface area (TPSA) is 44.4 Å². The van der Waals surface area contributed by atoms with Crippen molar-refractivity contribution in [1.29, 1.82) is 0 Å². The SMILES string of the molecule is CCNCc1ccc(N(CC)CC(=O)NC(C)C)cc1C. The first-order chi connectivity index (χ1) is 9.97. The fourth-order valence-electron chi connectivity index (χ4n) is 2.26. The van der Waals surface area contributed by atoms with E-state index in [-0.39, 0.29) is 11.9 Å². The highest BCUT2D eigenvalue weighted by Crippen LogP contribution is 2.19. The number of nitrogens with zero attached hydrogens (tertiary/aromatic N) is 1. The number of likely N-dealkylation sites (N-methyl/N-ethyl adjacent to an activating group) is 1. The van der Waals surface area contributed by atoms with E-state index in [9.17, 15) is 4.79 Å². The average Bonchev–Trinajstić information content (AvgIpc) is 2.42. The molecule has 0 unspecified atom stereocenters. The molecule has 0 saturated heterocycles. The second-order valence-electron chi connectivity index (χ2n) is 5.63. The quantitative estimate of drug-likeness (QED) is 0.773. The van der Waals surface area contributed by atoms with Crippen LogP contribution < -0.4 is 15.5 Å². The molecule has 1 amide bonds. The zero-order valence-corrected chi connectivity index (χ0v) is 14.0. The van der Waals surface area contributed by atoms with Gasteiger partial charge in [0.1, 0.15) is 0 Å². The van der Waals surface area contributed by atoms with Crippen molar-refractivity contribution in [2.24, 2.45) is 0 Å². The highest BCUT2D eigenvalue weighted by atomic mass is 16.2. The summed E-state index contributed by atoms with van der Waals surface area (Å²) in [6, 6.07) is 6.60. The van der Waals surface area contributed by atoms with Crippen LogP contribution in [0.15, 0.2) is 18.2 Å². The van der Waals surface area contributed by atoms with Crippen LogP contribution in [0.3, 0.4) is 0 Å². The molecule has 0 spiro atoms. The minimum Gasteiger partial charge on any atom is -0.362 e. The van der Waals surface area contributed by atoms with E-state index in [2.05, 4.69) is 54.5 Å². The van der Waals surface area contributed by atoms with Gasteiger partial charge in [0.2, 0.25) is 5.91 Å². The highest BCUT2D eigenvalue weighted by molar-refractivity contribution is 5.81. The predicted molar refractivity (Wildman–Crippen MR) is 89.7 cm³/mol. The largest absolute Gasteiger partial charge is 0.362 e. The summed E-state index contributed by atoms with van der Waals surface area (Å²) in [5, 5.41) is 6.28. The van der Waals surface area contributed by atoms with Gasteiger partial charge >= 0.3 is 0 Å². The van der Waals surface area contributed by atoms with E-state index in [0.29, 0.717) is 6.54 Å². The van der Waals surface area contributed by atoms with Gasteiger partial charge in [0.05, 0.1) is 6.54 Å². The Morgan fingerprint density at radius 3 is 2.52 bits per heavy atom. The molecule has 0 aliphatic heterocycles. The van der Waals surface area contributed by atoms with Crippen LogP contribution in [-0.2, 0) is 11.3 Å². The third-order valence-electron chi connectivity index (χ3n) is 3.42. The van der Waals surface area contributed by atoms with Gasteiger partial charge in [-0.05, 0) is 57.5 Å². The number of carbonyl (C=O) groups excluding carboxylic acids is 1. The Kier molecular flexibility index (Phi) is 7.23. The Balaban J connectivity index is 2.77. The number of rotatable bonds is 8. The van der Waals surface area contributed by atoms with Crippen LogP contribution in [-0.4, -0.2) is 31.6 Å².